The van der Waals surface area contributed by atoms with E-state index in [0.717, 1.165) is 24.0 Å². The highest BCUT2D eigenvalue weighted by molar-refractivity contribution is 5.78. The van der Waals surface area contributed by atoms with Crippen molar-refractivity contribution in [2.24, 2.45) is 23.3 Å². The van der Waals surface area contributed by atoms with Gasteiger partial charge < -0.3 is 30.4 Å². The number of amides is 2. The third-order valence-corrected chi connectivity index (χ3v) is 6.76. The van der Waals surface area contributed by atoms with Crippen LogP contribution in [0.25, 0.3) is 0 Å². The number of carbonyl (C=O) groups excluding carboxylic acids is 3. The zero-order valence-electron chi connectivity index (χ0n) is 23.7. The number of primary amides is 2. The van der Waals surface area contributed by atoms with Crippen molar-refractivity contribution < 1.29 is 33.3 Å². The summed E-state index contributed by atoms with van der Waals surface area (Å²) in [5, 5.41) is 0. The van der Waals surface area contributed by atoms with Crippen molar-refractivity contribution in [3.8, 4) is 0 Å². The van der Waals surface area contributed by atoms with Gasteiger partial charge in [-0.1, -0.05) is 73.5 Å². The first-order valence-electron chi connectivity index (χ1n) is 14.0. The first-order valence-corrected chi connectivity index (χ1v) is 14.0. The topological polar surface area (TPSA) is 140 Å². The van der Waals surface area contributed by atoms with Gasteiger partial charge in [0.05, 0.1) is 25.0 Å². The van der Waals surface area contributed by atoms with Crippen molar-refractivity contribution in [1.29, 1.82) is 0 Å². The fourth-order valence-corrected chi connectivity index (χ4v) is 4.38. The molecule has 2 aromatic rings. The molecule has 0 radical (unpaired) electrons. The Hall–Kier alpha value is -3.43. The molecule has 0 spiro atoms. The Morgan fingerprint density at radius 1 is 0.625 bits per heavy atom. The van der Waals surface area contributed by atoms with Crippen LogP contribution in [0.15, 0.2) is 60.7 Å². The van der Waals surface area contributed by atoms with E-state index in [0.29, 0.717) is 52.1 Å². The smallest absolute Gasteiger partial charge is 0.430 e. The third-order valence-electron chi connectivity index (χ3n) is 6.76. The van der Waals surface area contributed by atoms with E-state index in [9.17, 15) is 14.4 Å². The summed E-state index contributed by atoms with van der Waals surface area (Å²) in [5.41, 5.74) is 13.3. The van der Waals surface area contributed by atoms with Gasteiger partial charge in [0, 0.05) is 13.2 Å². The quantitative estimate of drug-likeness (QED) is 0.175. The summed E-state index contributed by atoms with van der Waals surface area (Å²) in [5.74, 6) is -2.44. The SMILES string of the molecule is CC(OC(=O)OC(C)C(CCCCOCc1ccccc1)C(N)=O)C(CCCCOCc1ccccc1)C(N)=O. The van der Waals surface area contributed by atoms with Gasteiger partial charge in [0.15, 0.2) is 0 Å². The highest BCUT2D eigenvalue weighted by atomic mass is 16.7. The normalized spacial score (nSPS) is 14.1. The summed E-state index contributed by atoms with van der Waals surface area (Å²) in [6.07, 6.45) is 1.21. The molecule has 2 amide bonds. The molecular formula is C31H44N2O7. The molecule has 220 valence electrons. The molecule has 0 fully saturated rings. The minimum atomic E-state index is -0.963. The van der Waals surface area contributed by atoms with E-state index < -0.39 is 42.0 Å². The molecule has 0 aromatic heterocycles. The second kappa shape index (κ2) is 18.8. The van der Waals surface area contributed by atoms with Gasteiger partial charge in [-0.25, -0.2) is 4.79 Å². The number of hydrogen-bond acceptors (Lipinski definition) is 7. The fourth-order valence-electron chi connectivity index (χ4n) is 4.38. The number of ether oxygens (including phenoxy) is 4. The van der Waals surface area contributed by atoms with E-state index in [1.165, 1.54) is 0 Å². The van der Waals surface area contributed by atoms with Crippen LogP contribution in [0.5, 0.6) is 0 Å². The second-order valence-electron chi connectivity index (χ2n) is 9.98. The first kappa shape index (κ1) is 32.8. The molecule has 4 unspecified atom stereocenters. The lowest BCUT2D eigenvalue weighted by atomic mass is 9.96. The third kappa shape index (κ3) is 13.1. The average Bonchev–Trinajstić information content (AvgIpc) is 2.92. The maximum Gasteiger partial charge on any atom is 0.508 e. The molecule has 9 nitrogen and oxygen atoms in total. The highest BCUT2D eigenvalue weighted by Gasteiger charge is 2.30. The van der Waals surface area contributed by atoms with E-state index in [-0.39, 0.29) is 0 Å². The van der Waals surface area contributed by atoms with Crippen LogP contribution in [0, 0.1) is 11.8 Å². The van der Waals surface area contributed by atoms with Gasteiger partial charge in [0.1, 0.15) is 12.2 Å². The Morgan fingerprint density at radius 2 is 1.00 bits per heavy atom. The van der Waals surface area contributed by atoms with Crippen LogP contribution >= 0.6 is 0 Å². The van der Waals surface area contributed by atoms with Crippen LogP contribution in [-0.4, -0.2) is 43.4 Å². The van der Waals surface area contributed by atoms with Crippen molar-refractivity contribution in [2.75, 3.05) is 13.2 Å². The van der Waals surface area contributed by atoms with E-state index in [2.05, 4.69) is 0 Å². The zero-order chi connectivity index (χ0) is 29.2. The summed E-state index contributed by atoms with van der Waals surface area (Å²) < 4.78 is 22.0. The number of benzene rings is 2. The van der Waals surface area contributed by atoms with Gasteiger partial charge in [-0.2, -0.15) is 0 Å². The Morgan fingerprint density at radius 3 is 1.35 bits per heavy atom. The van der Waals surface area contributed by atoms with Crippen LogP contribution in [-0.2, 0) is 41.8 Å². The zero-order valence-corrected chi connectivity index (χ0v) is 23.7. The summed E-state index contributed by atoms with van der Waals surface area (Å²) >= 11 is 0. The molecule has 0 heterocycles. The molecule has 0 aliphatic carbocycles. The molecule has 2 aromatic carbocycles. The molecule has 4 atom stereocenters. The summed E-state index contributed by atoms with van der Waals surface area (Å²) in [6.45, 7) is 5.35. The second-order valence-corrected chi connectivity index (χ2v) is 9.98. The average molecular weight is 557 g/mol. The minimum absolute atomic E-state index is 0.449. The van der Waals surface area contributed by atoms with Crippen LogP contribution in [0.2, 0.25) is 0 Å². The Kier molecular flexibility index (Phi) is 15.4. The molecule has 0 aliphatic rings. The Labute approximate surface area is 237 Å². The minimum Gasteiger partial charge on any atom is -0.430 e. The van der Waals surface area contributed by atoms with Crippen LogP contribution in [0.4, 0.5) is 4.79 Å². The molecule has 0 saturated carbocycles. The monoisotopic (exact) mass is 556 g/mol. The van der Waals surface area contributed by atoms with Crippen LogP contribution < -0.4 is 11.5 Å². The number of nitrogens with two attached hydrogens (primary N) is 2. The first-order chi connectivity index (χ1) is 19.3. The molecule has 0 bridgehead atoms. The molecule has 9 heteroatoms. The van der Waals surface area contributed by atoms with E-state index >= 15 is 0 Å². The lowest BCUT2D eigenvalue weighted by Gasteiger charge is -2.24. The molecule has 4 N–H and O–H groups in total. The summed E-state index contributed by atoms with van der Waals surface area (Å²) in [6, 6.07) is 19.7. The molecule has 40 heavy (non-hydrogen) atoms. The van der Waals surface area contributed by atoms with Gasteiger partial charge >= 0.3 is 6.16 Å². The van der Waals surface area contributed by atoms with E-state index in [1.54, 1.807) is 13.8 Å². The molecule has 0 saturated heterocycles. The lowest BCUT2D eigenvalue weighted by molar-refractivity contribution is -0.127. The van der Waals surface area contributed by atoms with Gasteiger partial charge in [-0.3, -0.25) is 9.59 Å². The lowest BCUT2D eigenvalue weighted by Crippen LogP contribution is -2.38. The van der Waals surface area contributed by atoms with Gasteiger partial charge in [-0.15, -0.1) is 0 Å². The van der Waals surface area contributed by atoms with Crippen molar-refractivity contribution in [1.82, 2.24) is 0 Å². The van der Waals surface area contributed by atoms with Crippen molar-refractivity contribution >= 4 is 18.0 Å². The number of rotatable bonds is 20. The summed E-state index contributed by atoms with van der Waals surface area (Å²) in [7, 11) is 0. The van der Waals surface area contributed by atoms with Gasteiger partial charge in [0.25, 0.3) is 0 Å². The molecular weight excluding hydrogens is 512 g/mol. The van der Waals surface area contributed by atoms with Crippen molar-refractivity contribution in [2.45, 2.75) is 77.8 Å². The van der Waals surface area contributed by atoms with E-state index in [4.69, 9.17) is 30.4 Å². The number of carbonyl (C=O) groups is 3. The highest BCUT2D eigenvalue weighted by Crippen LogP contribution is 2.20. The Balaban J connectivity index is 1.67. The summed E-state index contributed by atoms with van der Waals surface area (Å²) in [4.78, 5) is 36.4. The van der Waals surface area contributed by atoms with E-state index in [1.807, 2.05) is 60.7 Å². The largest absolute Gasteiger partial charge is 0.508 e. The van der Waals surface area contributed by atoms with Crippen LogP contribution in [0.3, 0.4) is 0 Å². The fraction of sp³-hybridized carbons (Fsp3) is 0.516. The van der Waals surface area contributed by atoms with Crippen molar-refractivity contribution in [3.63, 3.8) is 0 Å². The van der Waals surface area contributed by atoms with Crippen molar-refractivity contribution in [3.05, 3.63) is 71.8 Å². The standard InChI is InChI=1S/C31H44N2O7/c1-23(27(29(32)34)17-9-11-19-37-21-25-13-5-3-6-14-25)39-31(36)40-24(2)28(30(33)35)18-10-12-20-38-22-26-15-7-4-8-16-26/h3-8,13-16,23-24,27-28H,9-12,17-22H2,1-2H3,(H2,32,34)(H2,33,35). The number of hydrogen-bond donors (Lipinski definition) is 2. The van der Waals surface area contributed by atoms with Gasteiger partial charge in [-0.05, 0) is 50.7 Å². The predicted molar refractivity (Wildman–Crippen MR) is 152 cm³/mol. The maximum absolute atomic E-state index is 12.4. The number of unbranched alkanes of at least 4 members (excludes halogenated alkanes) is 2. The predicted octanol–water partition coefficient (Wildman–Crippen LogP) is 4.89. The maximum atomic E-state index is 12.4. The van der Waals surface area contributed by atoms with Crippen LogP contribution in [0.1, 0.15) is 63.5 Å². The Bertz CT molecular complexity index is 924. The van der Waals surface area contributed by atoms with Gasteiger partial charge in [0.2, 0.25) is 11.8 Å². The molecule has 0 aliphatic heterocycles. The molecule has 2 rings (SSSR count).